The topological polar surface area (TPSA) is 142 Å². The number of aromatic nitrogens is 7. The fourth-order valence-electron chi connectivity index (χ4n) is 5.70. The molecule has 40 heavy (non-hydrogen) atoms. The molecule has 6 rings (SSSR count). The first-order chi connectivity index (χ1) is 19.3. The minimum atomic E-state index is -4.73. The first-order valence-corrected chi connectivity index (χ1v) is 13.0. The Bertz CT molecular complexity index is 1550. The van der Waals surface area contributed by atoms with Crippen LogP contribution in [0.25, 0.3) is 22.3 Å². The van der Waals surface area contributed by atoms with Gasteiger partial charge in [-0.15, -0.1) is 0 Å². The number of alkyl halides is 3. The van der Waals surface area contributed by atoms with Crippen molar-refractivity contribution in [3.63, 3.8) is 0 Å². The zero-order chi connectivity index (χ0) is 27.9. The summed E-state index contributed by atoms with van der Waals surface area (Å²) < 4.78 is 47.0. The largest absolute Gasteiger partial charge is 0.474 e. The highest BCUT2D eigenvalue weighted by Gasteiger charge is 2.48. The Morgan fingerprint density at radius 3 is 2.70 bits per heavy atom. The van der Waals surface area contributed by atoms with Crippen molar-refractivity contribution in [3.05, 3.63) is 48.6 Å². The number of aliphatic hydroxyl groups is 1. The SMILES string of the molecule is N#CCC1(n2cc(-c3ncnc4[nH]ccc34)cn2)CN([C@H]2CC[C@@H](Oc3cc(CO)nc(C(F)(F)F)n3)CC2)C1. The third-order valence-corrected chi connectivity index (χ3v) is 7.72. The molecule has 1 aliphatic carbocycles. The molecule has 2 fully saturated rings. The maximum absolute atomic E-state index is 13.1. The lowest BCUT2D eigenvalue weighted by molar-refractivity contribution is -0.145. The molecular formula is C26H26F3N9O2. The number of ether oxygens (including phenoxy) is 1. The molecular weight excluding hydrogens is 527 g/mol. The zero-order valence-corrected chi connectivity index (χ0v) is 21.3. The van der Waals surface area contributed by atoms with Gasteiger partial charge in [0.15, 0.2) is 0 Å². The molecule has 1 aliphatic heterocycles. The molecule has 0 unspecified atom stereocenters. The van der Waals surface area contributed by atoms with Crippen molar-refractivity contribution in [2.24, 2.45) is 0 Å². The number of H-pyrrole nitrogens is 1. The Morgan fingerprint density at radius 1 is 1.18 bits per heavy atom. The van der Waals surface area contributed by atoms with Gasteiger partial charge in [-0.25, -0.2) is 15.0 Å². The van der Waals surface area contributed by atoms with Gasteiger partial charge in [0.25, 0.3) is 0 Å². The molecule has 2 aliphatic rings. The number of nitrogens with one attached hydrogen (secondary N) is 1. The van der Waals surface area contributed by atoms with Crippen LogP contribution in [0.15, 0.2) is 37.1 Å². The van der Waals surface area contributed by atoms with Crippen LogP contribution in [0, 0.1) is 11.3 Å². The molecule has 0 spiro atoms. The number of aliphatic hydroxyl groups excluding tert-OH is 1. The molecule has 5 heterocycles. The first kappa shape index (κ1) is 26.1. The Morgan fingerprint density at radius 2 is 1.98 bits per heavy atom. The summed E-state index contributed by atoms with van der Waals surface area (Å²) in [7, 11) is 0. The number of hydrogen-bond donors (Lipinski definition) is 2. The maximum atomic E-state index is 13.1. The van der Waals surface area contributed by atoms with E-state index >= 15 is 0 Å². The Hall–Kier alpha value is -4.09. The molecule has 11 nitrogen and oxygen atoms in total. The molecule has 4 aromatic rings. The van der Waals surface area contributed by atoms with E-state index in [1.165, 1.54) is 12.4 Å². The van der Waals surface area contributed by atoms with Gasteiger partial charge in [0, 0.05) is 48.5 Å². The highest BCUT2D eigenvalue weighted by Crippen LogP contribution is 2.39. The van der Waals surface area contributed by atoms with Crippen molar-refractivity contribution in [1.29, 1.82) is 5.26 Å². The van der Waals surface area contributed by atoms with Gasteiger partial charge in [-0.3, -0.25) is 9.58 Å². The van der Waals surface area contributed by atoms with Crippen LogP contribution in [0.1, 0.15) is 43.6 Å². The summed E-state index contributed by atoms with van der Waals surface area (Å²) in [5, 5.41) is 24.4. The molecule has 1 saturated carbocycles. The smallest absolute Gasteiger partial charge is 0.451 e. The average molecular weight is 554 g/mol. The summed E-state index contributed by atoms with van der Waals surface area (Å²) in [6, 6.07) is 5.75. The second-order valence-corrected chi connectivity index (χ2v) is 10.3. The van der Waals surface area contributed by atoms with E-state index in [0.29, 0.717) is 32.4 Å². The number of nitrogens with zero attached hydrogens (tertiary/aromatic N) is 8. The van der Waals surface area contributed by atoms with E-state index in [9.17, 15) is 23.5 Å². The lowest BCUT2D eigenvalue weighted by Crippen LogP contribution is -2.65. The van der Waals surface area contributed by atoms with E-state index in [4.69, 9.17) is 4.74 Å². The summed E-state index contributed by atoms with van der Waals surface area (Å²) in [5.41, 5.74) is 1.78. The van der Waals surface area contributed by atoms with Crippen LogP contribution < -0.4 is 4.74 Å². The third-order valence-electron chi connectivity index (χ3n) is 7.72. The molecule has 1 saturated heterocycles. The number of fused-ring (bicyclic) bond motifs is 1. The van der Waals surface area contributed by atoms with Gasteiger partial charge in [0.2, 0.25) is 11.7 Å². The Labute approximate surface area is 226 Å². The van der Waals surface area contributed by atoms with Crippen LogP contribution in [0.2, 0.25) is 0 Å². The predicted molar refractivity (Wildman–Crippen MR) is 135 cm³/mol. The van der Waals surface area contributed by atoms with Crippen LogP contribution >= 0.6 is 0 Å². The van der Waals surface area contributed by atoms with Crippen molar-refractivity contribution in [2.75, 3.05) is 13.1 Å². The number of likely N-dealkylation sites (tertiary alicyclic amines) is 1. The summed E-state index contributed by atoms with van der Waals surface area (Å²) in [6.07, 6.45) is 5.22. The number of rotatable bonds is 7. The van der Waals surface area contributed by atoms with Crippen molar-refractivity contribution in [3.8, 4) is 23.2 Å². The summed E-state index contributed by atoms with van der Waals surface area (Å²) in [5.74, 6) is -1.50. The van der Waals surface area contributed by atoms with E-state index in [0.717, 1.165) is 35.1 Å². The van der Waals surface area contributed by atoms with Crippen molar-refractivity contribution in [2.45, 2.75) is 62.6 Å². The van der Waals surface area contributed by atoms with Crippen LogP contribution in [-0.4, -0.2) is 69.9 Å². The van der Waals surface area contributed by atoms with Crippen LogP contribution in [0.4, 0.5) is 13.2 Å². The second-order valence-electron chi connectivity index (χ2n) is 10.3. The van der Waals surface area contributed by atoms with E-state index in [2.05, 4.69) is 41.0 Å². The van der Waals surface area contributed by atoms with E-state index in [1.54, 1.807) is 6.20 Å². The summed E-state index contributed by atoms with van der Waals surface area (Å²) in [6.45, 7) is 0.700. The van der Waals surface area contributed by atoms with Gasteiger partial charge in [-0.05, 0) is 31.7 Å². The minimum Gasteiger partial charge on any atom is -0.474 e. The number of aromatic amines is 1. The Balaban J connectivity index is 1.09. The quantitative estimate of drug-likeness (QED) is 0.352. The van der Waals surface area contributed by atoms with Crippen LogP contribution in [-0.2, 0) is 18.3 Å². The highest BCUT2D eigenvalue weighted by molar-refractivity contribution is 5.89. The fourth-order valence-corrected chi connectivity index (χ4v) is 5.70. The third kappa shape index (κ3) is 4.86. The molecule has 0 amide bonds. The van der Waals surface area contributed by atoms with Crippen molar-refractivity contribution in [1.82, 2.24) is 39.6 Å². The number of halogens is 3. The lowest BCUT2D eigenvalue weighted by atomic mass is 9.82. The second kappa shape index (κ2) is 10.1. The average Bonchev–Trinajstić information content (AvgIpc) is 3.61. The van der Waals surface area contributed by atoms with Gasteiger partial charge < -0.3 is 14.8 Å². The highest BCUT2D eigenvalue weighted by atomic mass is 19.4. The van der Waals surface area contributed by atoms with Gasteiger partial charge in [-0.2, -0.15) is 28.5 Å². The molecule has 0 radical (unpaired) electrons. The van der Waals surface area contributed by atoms with Gasteiger partial charge in [-0.1, -0.05) is 0 Å². The maximum Gasteiger partial charge on any atom is 0.451 e. The summed E-state index contributed by atoms with van der Waals surface area (Å²) >= 11 is 0. The molecule has 0 bridgehead atoms. The van der Waals surface area contributed by atoms with E-state index < -0.39 is 24.1 Å². The normalized spacial score (nSPS) is 21.2. The molecule has 0 atom stereocenters. The molecule has 2 N–H and O–H groups in total. The minimum absolute atomic E-state index is 0.139. The summed E-state index contributed by atoms with van der Waals surface area (Å²) in [4.78, 5) is 20.9. The zero-order valence-electron chi connectivity index (χ0n) is 21.3. The Kier molecular flexibility index (Phi) is 6.63. The molecule has 14 heteroatoms. The molecule has 4 aromatic heterocycles. The predicted octanol–water partition coefficient (Wildman–Crippen LogP) is 3.44. The molecule has 208 valence electrons. The molecule has 0 aromatic carbocycles. The van der Waals surface area contributed by atoms with Crippen LogP contribution in [0.3, 0.4) is 0 Å². The van der Waals surface area contributed by atoms with Crippen molar-refractivity contribution < 1.29 is 23.0 Å². The van der Waals surface area contributed by atoms with E-state index in [1.807, 2.05) is 23.1 Å². The van der Waals surface area contributed by atoms with Gasteiger partial charge >= 0.3 is 6.18 Å². The van der Waals surface area contributed by atoms with Gasteiger partial charge in [0.05, 0.1) is 36.7 Å². The van der Waals surface area contributed by atoms with Crippen LogP contribution in [0.5, 0.6) is 5.88 Å². The monoisotopic (exact) mass is 553 g/mol. The fraction of sp³-hybridized carbons (Fsp3) is 0.462. The van der Waals surface area contributed by atoms with E-state index in [-0.39, 0.29) is 23.7 Å². The first-order valence-electron chi connectivity index (χ1n) is 13.0. The number of nitriles is 1. The van der Waals surface area contributed by atoms with Gasteiger partial charge in [0.1, 0.15) is 23.6 Å². The standard InChI is InChI=1S/C26H26F3N9O2/c27-26(28,29)24-35-17(12-39)9-21(36-24)40-19-3-1-18(2-4-19)37-13-25(14-37,6-7-30)38-11-16(10-34-38)22-20-5-8-31-23(20)33-15-32-22/h5,8-11,15,18-19,39H,1-4,6,12-14H2,(H,31,32,33)/t18-,19+. The van der Waals surface area contributed by atoms with Crippen molar-refractivity contribution >= 4 is 11.0 Å². The lowest BCUT2D eigenvalue weighted by Gasteiger charge is -2.53. The number of hydrogen-bond acceptors (Lipinski definition) is 9.